The molecule has 4 aromatic rings. The van der Waals surface area contributed by atoms with E-state index in [1.54, 1.807) is 36.4 Å². The van der Waals surface area contributed by atoms with Crippen LogP contribution in [0.25, 0.3) is 22.4 Å². The average molecular weight is 616 g/mol. The standard InChI is InChI=1S/C35H38FN3O6/c1-21(2)32-31(35(45)38-26-15-11-24(12-16-26)34(44)37-3)30(22-7-5-4-6-8-22)33(23-9-13-25(36)14-10-23)39(32)18-17-27(40)19-28(41)20-29(42)43/h4-16,21,27-28,40-41H,17-20H2,1-3H3,(H,37,44)(H,38,45)(H,42,43)/t27-,28-/m1/s1. The Morgan fingerprint density at radius 3 is 2.07 bits per heavy atom. The maximum Gasteiger partial charge on any atom is 0.305 e. The number of benzene rings is 3. The molecule has 1 heterocycles. The Labute approximate surface area is 261 Å². The third-order valence-electron chi connectivity index (χ3n) is 7.53. The fourth-order valence-electron chi connectivity index (χ4n) is 5.53. The first-order valence-corrected chi connectivity index (χ1v) is 14.8. The lowest BCUT2D eigenvalue weighted by molar-refractivity contribution is -0.139. The van der Waals surface area contributed by atoms with Crippen LogP contribution in [0.4, 0.5) is 10.1 Å². The van der Waals surface area contributed by atoms with Gasteiger partial charge >= 0.3 is 5.97 Å². The maximum absolute atomic E-state index is 14.2. The van der Waals surface area contributed by atoms with Gasteiger partial charge in [0.25, 0.3) is 11.8 Å². The molecule has 0 spiro atoms. The van der Waals surface area contributed by atoms with Gasteiger partial charge in [-0.2, -0.15) is 0 Å². The Hall–Kier alpha value is -4.80. The zero-order valence-corrected chi connectivity index (χ0v) is 25.5. The van der Waals surface area contributed by atoms with Gasteiger partial charge in [0.15, 0.2) is 0 Å². The van der Waals surface area contributed by atoms with Gasteiger partial charge in [0.2, 0.25) is 0 Å². The van der Waals surface area contributed by atoms with E-state index < -0.39 is 30.4 Å². The highest BCUT2D eigenvalue weighted by atomic mass is 19.1. The number of aliphatic hydroxyl groups excluding tert-OH is 2. The summed E-state index contributed by atoms with van der Waals surface area (Å²) in [4.78, 5) is 37.3. The third-order valence-corrected chi connectivity index (χ3v) is 7.53. The SMILES string of the molecule is CNC(=O)c1ccc(NC(=O)c2c(-c3ccccc3)c(-c3ccc(F)cc3)n(CC[C@@H](O)C[C@@H](O)CC(=O)O)c2C(C)C)cc1. The molecule has 2 amide bonds. The van der Waals surface area contributed by atoms with Gasteiger partial charge in [-0.25, -0.2) is 4.39 Å². The molecule has 2 atom stereocenters. The molecule has 236 valence electrons. The van der Waals surface area contributed by atoms with Gasteiger partial charge in [-0.15, -0.1) is 0 Å². The van der Waals surface area contributed by atoms with Gasteiger partial charge in [0.1, 0.15) is 5.82 Å². The molecule has 9 nitrogen and oxygen atoms in total. The van der Waals surface area contributed by atoms with Crippen molar-refractivity contribution in [1.82, 2.24) is 9.88 Å². The van der Waals surface area contributed by atoms with Gasteiger partial charge in [0.05, 0.1) is 29.9 Å². The van der Waals surface area contributed by atoms with E-state index in [1.165, 1.54) is 19.2 Å². The van der Waals surface area contributed by atoms with Crippen LogP contribution in [0, 0.1) is 5.82 Å². The molecule has 5 N–H and O–H groups in total. The molecule has 3 aromatic carbocycles. The number of carboxylic acids is 1. The van der Waals surface area contributed by atoms with E-state index in [2.05, 4.69) is 10.6 Å². The van der Waals surface area contributed by atoms with Crippen molar-refractivity contribution in [1.29, 1.82) is 0 Å². The van der Waals surface area contributed by atoms with Crippen LogP contribution in [0.3, 0.4) is 0 Å². The van der Waals surface area contributed by atoms with E-state index in [1.807, 2.05) is 48.7 Å². The van der Waals surface area contributed by atoms with Crippen LogP contribution >= 0.6 is 0 Å². The molecule has 1 aromatic heterocycles. The zero-order valence-electron chi connectivity index (χ0n) is 25.5. The molecule has 45 heavy (non-hydrogen) atoms. The summed E-state index contributed by atoms with van der Waals surface area (Å²) in [6, 6.07) is 21.9. The van der Waals surface area contributed by atoms with Crippen molar-refractivity contribution in [2.24, 2.45) is 0 Å². The number of carbonyl (C=O) groups is 3. The van der Waals surface area contributed by atoms with Crippen molar-refractivity contribution in [2.75, 3.05) is 12.4 Å². The largest absolute Gasteiger partial charge is 0.481 e. The van der Waals surface area contributed by atoms with Crippen LogP contribution in [0.15, 0.2) is 78.9 Å². The fourth-order valence-corrected chi connectivity index (χ4v) is 5.53. The molecule has 0 bridgehead atoms. The Kier molecular flexibility index (Phi) is 10.9. The van der Waals surface area contributed by atoms with E-state index in [4.69, 9.17) is 5.11 Å². The molecular weight excluding hydrogens is 577 g/mol. The number of anilines is 1. The summed E-state index contributed by atoms with van der Waals surface area (Å²) in [5, 5.41) is 35.4. The third kappa shape index (κ3) is 8.03. The van der Waals surface area contributed by atoms with Crippen molar-refractivity contribution in [3.63, 3.8) is 0 Å². The van der Waals surface area contributed by atoms with Gasteiger partial charge < -0.3 is 30.5 Å². The van der Waals surface area contributed by atoms with Gasteiger partial charge in [-0.3, -0.25) is 14.4 Å². The predicted molar refractivity (Wildman–Crippen MR) is 171 cm³/mol. The molecule has 0 fully saturated rings. The van der Waals surface area contributed by atoms with Crippen LogP contribution in [0.1, 0.15) is 65.4 Å². The minimum absolute atomic E-state index is 0.124. The molecule has 0 saturated heterocycles. The van der Waals surface area contributed by atoms with Crippen LogP contribution < -0.4 is 10.6 Å². The number of halogens is 1. The number of amides is 2. The molecule has 0 saturated carbocycles. The van der Waals surface area contributed by atoms with Gasteiger partial charge in [-0.05, 0) is 78.4 Å². The summed E-state index contributed by atoms with van der Waals surface area (Å²) in [6.45, 7) is 4.14. The Morgan fingerprint density at radius 2 is 1.49 bits per heavy atom. The second kappa shape index (κ2) is 14.8. The van der Waals surface area contributed by atoms with Crippen molar-refractivity contribution in [3.8, 4) is 22.4 Å². The number of nitrogens with zero attached hydrogens (tertiary/aromatic N) is 1. The van der Waals surface area contributed by atoms with E-state index in [-0.39, 0.29) is 37.1 Å². The van der Waals surface area contributed by atoms with Crippen molar-refractivity contribution in [3.05, 3.63) is 102 Å². The molecule has 0 aliphatic heterocycles. The quantitative estimate of drug-likeness (QED) is 0.131. The Bertz CT molecular complexity index is 1630. The maximum atomic E-state index is 14.2. The Morgan fingerprint density at radius 1 is 0.844 bits per heavy atom. The number of hydrogen-bond acceptors (Lipinski definition) is 5. The normalized spacial score (nSPS) is 12.5. The topological polar surface area (TPSA) is 141 Å². The van der Waals surface area contributed by atoms with E-state index in [0.29, 0.717) is 39.3 Å². The minimum atomic E-state index is -1.21. The summed E-state index contributed by atoms with van der Waals surface area (Å²) >= 11 is 0. The van der Waals surface area contributed by atoms with Crippen molar-refractivity contribution in [2.45, 2.75) is 57.8 Å². The van der Waals surface area contributed by atoms with Crippen LogP contribution in [0.5, 0.6) is 0 Å². The number of carboxylic acid groups (broad SMARTS) is 1. The number of aliphatic hydroxyl groups is 2. The molecule has 4 rings (SSSR count). The zero-order chi connectivity index (χ0) is 32.7. The van der Waals surface area contributed by atoms with Crippen molar-refractivity contribution < 1.29 is 34.1 Å². The number of hydrogen-bond donors (Lipinski definition) is 5. The molecule has 0 aliphatic carbocycles. The highest BCUT2D eigenvalue weighted by molar-refractivity contribution is 6.12. The lowest BCUT2D eigenvalue weighted by Gasteiger charge is -2.20. The van der Waals surface area contributed by atoms with Crippen LogP contribution in [-0.2, 0) is 11.3 Å². The highest BCUT2D eigenvalue weighted by Crippen LogP contribution is 2.42. The second-order valence-corrected chi connectivity index (χ2v) is 11.2. The summed E-state index contributed by atoms with van der Waals surface area (Å²) in [5.74, 6) is -2.38. The number of carbonyl (C=O) groups excluding carboxylic acids is 2. The number of aromatic nitrogens is 1. The first-order chi connectivity index (χ1) is 21.5. The highest BCUT2D eigenvalue weighted by Gasteiger charge is 2.31. The number of rotatable bonds is 13. The second-order valence-electron chi connectivity index (χ2n) is 11.2. The van der Waals surface area contributed by atoms with Gasteiger partial charge in [-0.1, -0.05) is 44.2 Å². The lowest BCUT2D eigenvalue weighted by atomic mass is 9.94. The fraction of sp³-hybridized carbons (Fsp3) is 0.286. The summed E-state index contributed by atoms with van der Waals surface area (Å²) in [5.41, 5.74) is 4.73. The monoisotopic (exact) mass is 615 g/mol. The average Bonchev–Trinajstić information content (AvgIpc) is 3.36. The van der Waals surface area contributed by atoms with E-state index >= 15 is 0 Å². The molecule has 0 unspecified atom stereocenters. The first kappa shape index (κ1) is 33.1. The molecule has 10 heteroatoms. The van der Waals surface area contributed by atoms with E-state index in [0.717, 1.165) is 5.56 Å². The lowest BCUT2D eigenvalue weighted by Crippen LogP contribution is -2.22. The van der Waals surface area contributed by atoms with Crippen LogP contribution in [-0.4, -0.2) is 56.9 Å². The van der Waals surface area contributed by atoms with E-state index in [9.17, 15) is 29.0 Å². The van der Waals surface area contributed by atoms with Crippen LogP contribution in [0.2, 0.25) is 0 Å². The minimum Gasteiger partial charge on any atom is -0.481 e. The summed E-state index contributed by atoms with van der Waals surface area (Å²) in [6.07, 6.45) is -2.67. The molecular formula is C35H38FN3O6. The smallest absolute Gasteiger partial charge is 0.305 e. The summed E-state index contributed by atoms with van der Waals surface area (Å²) < 4.78 is 16.0. The molecule has 0 radical (unpaired) electrons. The first-order valence-electron chi connectivity index (χ1n) is 14.8. The predicted octanol–water partition coefficient (Wildman–Crippen LogP) is 5.67. The summed E-state index contributed by atoms with van der Waals surface area (Å²) in [7, 11) is 1.54. The van der Waals surface area contributed by atoms with Gasteiger partial charge in [0, 0.05) is 36.1 Å². The number of nitrogens with one attached hydrogen (secondary N) is 2. The molecule has 0 aliphatic rings. The van der Waals surface area contributed by atoms with Crippen molar-refractivity contribution >= 4 is 23.5 Å². The number of aliphatic carboxylic acids is 1. The Balaban J connectivity index is 1.87.